The maximum absolute atomic E-state index is 10.4. The maximum Gasteiger partial charge on any atom is 0.309 e. The highest BCUT2D eigenvalue weighted by Crippen LogP contribution is 2.22. The van der Waals surface area contributed by atoms with Gasteiger partial charge < -0.3 is 9.84 Å². The number of carbonyl (C=O) groups is 1. The van der Waals surface area contributed by atoms with Crippen LogP contribution in [0.2, 0.25) is 0 Å². The Morgan fingerprint density at radius 3 is 3.21 bits per heavy atom. The first-order valence-corrected chi connectivity index (χ1v) is 5.95. The van der Waals surface area contributed by atoms with Gasteiger partial charge in [0, 0.05) is 12.0 Å². The van der Waals surface area contributed by atoms with Crippen molar-refractivity contribution >= 4 is 29.1 Å². The van der Waals surface area contributed by atoms with Crippen LogP contribution in [0, 0.1) is 0 Å². The third-order valence-electron chi connectivity index (χ3n) is 1.33. The smallest absolute Gasteiger partial charge is 0.309 e. The molecule has 78 valence electrons. The lowest BCUT2D eigenvalue weighted by molar-refractivity contribution is -0.136. The van der Waals surface area contributed by atoms with Gasteiger partial charge in [0.25, 0.3) is 0 Å². The predicted molar refractivity (Wildman–Crippen MR) is 55.8 cm³/mol. The van der Waals surface area contributed by atoms with E-state index in [1.165, 1.54) is 23.1 Å². The fraction of sp³-hybridized carbons (Fsp3) is 0.500. The molecule has 1 N–H and O–H groups in total. The largest absolute Gasteiger partial charge is 0.481 e. The van der Waals surface area contributed by atoms with Gasteiger partial charge in [0.05, 0.1) is 18.1 Å². The van der Waals surface area contributed by atoms with Crippen LogP contribution in [0.4, 0.5) is 0 Å². The minimum absolute atomic E-state index is 0.00824. The molecule has 14 heavy (non-hydrogen) atoms. The molecule has 1 aromatic heterocycles. The summed E-state index contributed by atoms with van der Waals surface area (Å²) >= 11 is 2.94. The molecule has 0 unspecified atom stereocenters. The van der Waals surface area contributed by atoms with Crippen LogP contribution in [-0.2, 0) is 16.0 Å². The van der Waals surface area contributed by atoms with Gasteiger partial charge in [-0.3, -0.25) is 4.79 Å². The molecule has 0 bridgehead atoms. The van der Waals surface area contributed by atoms with E-state index in [2.05, 4.69) is 4.98 Å². The molecular weight excluding hydrogens is 222 g/mol. The molecule has 0 amide bonds. The molecule has 0 atom stereocenters. The van der Waals surface area contributed by atoms with Crippen LogP contribution in [-0.4, -0.2) is 28.6 Å². The molecule has 0 aliphatic heterocycles. The van der Waals surface area contributed by atoms with E-state index in [0.29, 0.717) is 18.2 Å². The van der Waals surface area contributed by atoms with E-state index in [0.717, 1.165) is 4.34 Å². The van der Waals surface area contributed by atoms with Crippen molar-refractivity contribution in [3.8, 4) is 0 Å². The Hall–Kier alpha value is -0.590. The van der Waals surface area contributed by atoms with Crippen LogP contribution in [0.1, 0.15) is 12.6 Å². The number of hydrogen-bond acceptors (Lipinski definition) is 5. The van der Waals surface area contributed by atoms with Crippen molar-refractivity contribution in [2.45, 2.75) is 17.7 Å². The van der Waals surface area contributed by atoms with Crippen LogP contribution in [0.25, 0.3) is 0 Å². The second-order valence-corrected chi connectivity index (χ2v) is 4.46. The van der Waals surface area contributed by atoms with Crippen molar-refractivity contribution in [2.75, 3.05) is 12.5 Å². The Kier molecular flexibility index (Phi) is 4.92. The first kappa shape index (κ1) is 11.5. The predicted octanol–water partition coefficient (Wildman–Crippen LogP) is 1.86. The molecule has 0 saturated carbocycles. The Morgan fingerprint density at radius 1 is 1.79 bits per heavy atom. The molecule has 1 rings (SSSR count). The average molecular weight is 233 g/mol. The molecule has 0 aliphatic carbocycles. The highest BCUT2D eigenvalue weighted by molar-refractivity contribution is 8.00. The highest BCUT2D eigenvalue weighted by Gasteiger charge is 2.05. The normalized spacial score (nSPS) is 10.4. The van der Waals surface area contributed by atoms with Crippen LogP contribution in [0.3, 0.4) is 0 Å². The van der Waals surface area contributed by atoms with Crippen LogP contribution in [0.15, 0.2) is 9.72 Å². The number of aliphatic carboxylic acids is 1. The van der Waals surface area contributed by atoms with E-state index in [9.17, 15) is 4.79 Å². The van der Waals surface area contributed by atoms with E-state index in [1.54, 1.807) is 5.38 Å². The quantitative estimate of drug-likeness (QED) is 0.461. The molecular formula is C8H11NO3S2. The third kappa shape index (κ3) is 4.08. The van der Waals surface area contributed by atoms with Crippen molar-refractivity contribution in [3.05, 3.63) is 11.1 Å². The lowest BCUT2D eigenvalue weighted by atomic mass is 10.3. The Morgan fingerprint density at radius 2 is 2.57 bits per heavy atom. The zero-order valence-corrected chi connectivity index (χ0v) is 9.36. The minimum Gasteiger partial charge on any atom is -0.481 e. The maximum atomic E-state index is 10.4. The van der Waals surface area contributed by atoms with Gasteiger partial charge >= 0.3 is 5.97 Å². The van der Waals surface area contributed by atoms with E-state index in [-0.39, 0.29) is 6.42 Å². The number of aromatic nitrogens is 1. The van der Waals surface area contributed by atoms with E-state index in [4.69, 9.17) is 9.84 Å². The highest BCUT2D eigenvalue weighted by atomic mass is 32.2. The van der Waals surface area contributed by atoms with Gasteiger partial charge in [0.15, 0.2) is 4.34 Å². The summed E-state index contributed by atoms with van der Waals surface area (Å²) < 4.78 is 6.00. The second-order valence-electron chi connectivity index (χ2n) is 2.43. The number of thiazole rings is 1. The summed E-state index contributed by atoms with van der Waals surface area (Å²) in [7, 11) is 0. The molecule has 0 radical (unpaired) electrons. The first-order chi connectivity index (χ1) is 6.72. The lowest BCUT2D eigenvalue weighted by Gasteiger charge is -1.96. The number of hydrogen-bond donors (Lipinski definition) is 1. The van der Waals surface area contributed by atoms with Crippen molar-refractivity contribution in [1.29, 1.82) is 0 Å². The van der Waals surface area contributed by atoms with Crippen LogP contribution < -0.4 is 0 Å². The van der Waals surface area contributed by atoms with E-state index < -0.39 is 5.97 Å². The zero-order valence-electron chi connectivity index (χ0n) is 7.73. The number of rotatable bonds is 6. The average Bonchev–Trinajstić information content (AvgIpc) is 2.52. The van der Waals surface area contributed by atoms with Crippen LogP contribution in [0.5, 0.6) is 0 Å². The molecule has 0 aromatic carbocycles. The van der Waals surface area contributed by atoms with E-state index in [1.807, 2.05) is 6.92 Å². The molecule has 1 aromatic rings. The second kappa shape index (κ2) is 6.00. The fourth-order valence-electron chi connectivity index (χ4n) is 0.766. The van der Waals surface area contributed by atoms with Gasteiger partial charge in [-0.1, -0.05) is 11.8 Å². The molecule has 1 heterocycles. The van der Waals surface area contributed by atoms with Gasteiger partial charge in [-0.25, -0.2) is 4.98 Å². The van der Waals surface area contributed by atoms with E-state index >= 15 is 0 Å². The molecule has 4 nitrogen and oxygen atoms in total. The van der Waals surface area contributed by atoms with Crippen molar-refractivity contribution in [1.82, 2.24) is 4.98 Å². The molecule has 0 aliphatic rings. The van der Waals surface area contributed by atoms with Gasteiger partial charge in [0.2, 0.25) is 0 Å². The van der Waals surface area contributed by atoms with Gasteiger partial charge in [-0.2, -0.15) is 0 Å². The molecule has 0 saturated heterocycles. The summed E-state index contributed by atoms with van der Waals surface area (Å²) in [5.74, 6) is -0.284. The number of carboxylic acids is 1. The van der Waals surface area contributed by atoms with Crippen molar-refractivity contribution in [2.24, 2.45) is 0 Å². The summed E-state index contributed by atoms with van der Waals surface area (Å²) in [6.45, 7) is 2.61. The Labute approximate surface area is 90.3 Å². The number of ether oxygens (including phenoxy) is 1. The molecule has 6 heteroatoms. The lowest BCUT2D eigenvalue weighted by Crippen LogP contribution is -1.99. The standard InChI is InChI=1S/C8H11NO3S2/c1-2-12-5-14-8-9-6(4-13-8)3-7(10)11/h4H,2-3,5H2,1H3,(H,10,11). The Balaban J connectivity index is 2.38. The molecule has 0 spiro atoms. The van der Waals surface area contributed by atoms with Crippen LogP contribution >= 0.6 is 23.1 Å². The SMILES string of the molecule is CCOCSc1nc(CC(=O)O)cs1. The van der Waals surface area contributed by atoms with Gasteiger partial charge in [-0.15, -0.1) is 11.3 Å². The number of thioether (sulfide) groups is 1. The number of nitrogens with zero attached hydrogens (tertiary/aromatic N) is 1. The fourth-order valence-corrected chi connectivity index (χ4v) is 2.40. The zero-order chi connectivity index (χ0) is 10.4. The summed E-state index contributed by atoms with van der Waals surface area (Å²) in [5.41, 5.74) is 0.612. The van der Waals surface area contributed by atoms with Gasteiger partial charge in [-0.05, 0) is 6.92 Å². The monoisotopic (exact) mass is 233 g/mol. The topological polar surface area (TPSA) is 59.4 Å². The first-order valence-electron chi connectivity index (χ1n) is 4.09. The number of carboxylic acid groups (broad SMARTS) is 1. The Bertz CT molecular complexity index is 301. The summed E-state index contributed by atoms with van der Waals surface area (Å²) in [6.07, 6.45) is -0.00824. The third-order valence-corrected chi connectivity index (χ3v) is 3.28. The van der Waals surface area contributed by atoms with Gasteiger partial charge in [0.1, 0.15) is 0 Å². The van der Waals surface area contributed by atoms with Crippen molar-refractivity contribution < 1.29 is 14.6 Å². The summed E-state index contributed by atoms with van der Waals surface area (Å²) in [5, 5.41) is 10.3. The summed E-state index contributed by atoms with van der Waals surface area (Å²) in [6, 6.07) is 0. The summed E-state index contributed by atoms with van der Waals surface area (Å²) in [4.78, 5) is 14.5. The minimum atomic E-state index is -0.850. The molecule has 0 fully saturated rings. The van der Waals surface area contributed by atoms with Crippen molar-refractivity contribution in [3.63, 3.8) is 0 Å².